The molecule has 0 saturated carbocycles. The number of nitrogens with one attached hydrogen (secondary N) is 3. The van der Waals surface area contributed by atoms with Crippen molar-refractivity contribution < 1.29 is 42.8 Å². The molecule has 0 bridgehead atoms. The third kappa shape index (κ3) is 16.8. The van der Waals surface area contributed by atoms with Gasteiger partial charge < -0.3 is 44.4 Å². The number of unbranched alkanes of at least 4 members (excludes halogenated alkanes) is 1. The van der Waals surface area contributed by atoms with Crippen LogP contribution in [0, 0.1) is 0 Å². The number of benzene rings is 9. The van der Waals surface area contributed by atoms with Crippen molar-refractivity contribution in [2.24, 2.45) is 0 Å². The summed E-state index contributed by atoms with van der Waals surface area (Å²) in [5.41, 5.74) is 6.53. The van der Waals surface area contributed by atoms with Crippen LogP contribution in [0.5, 0.6) is 34.5 Å². The third-order valence-corrected chi connectivity index (χ3v) is 13.2. The summed E-state index contributed by atoms with van der Waals surface area (Å²) in [5.74, 6) is 1.03. The highest BCUT2D eigenvalue weighted by atomic mass is 16.5. The first-order valence-electron chi connectivity index (χ1n) is 27.2. The van der Waals surface area contributed by atoms with Crippen molar-refractivity contribution in [2.45, 2.75) is 64.9 Å². The first-order chi connectivity index (χ1) is 39.9. The molecule has 0 aliphatic carbocycles. The van der Waals surface area contributed by atoms with E-state index in [2.05, 4.69) is 16.0 Å². The van der Waals surface area contributed by atoms with Crippen molar-refractivity contribution in [2.75, 3.05) is 13.1 Å². The lowest BCUT2D eigenvalue weighted by Gasteiger charge is -2.22. The molecule has 81 heavy (non-hydrogen) atoms. The summed E-state index contributed by atoms with van der Waals surface area (Å²) in [4.78, 5) is 43.3. The van der Waals surface area contributed by atoms with E-state index < -0.39 is 17.9 Å². The van der Waals surface area contributed by atoms with Gasteiger partial charge in [-0.3, -0.25) is 14.4 Å². The van der Waals surface area contributed by atoms with Crippen LogP contribution in [-0.2, 0) is 39.6 Å². The molecule has 9 rings (SSSR count). The number of hydrogen-bond acceptors (Lipinski definition) is 9. The van der Waals surface area contributed by atoms with Crippen LogP contribution in [-0.4, -0.2) is 36.9 Å². The van der Waals surface area contributed by atoms with Gasteiger partial charge in [0.1, 0.15) is 39.6 Å². The van der Waals surface area contributed by atoms with Crippen molar-refractivity contribution >= 4 is 17.7 Å². The van der Waals surface area contributed by atoms with Crippen LogP contribution in [0.4, 0.5) is 0 Å². The van der Waals surface area contributed by atoms with Crippen LogP contribution in [0.3, 0.4) is 0 Å². The Balaban J connectivity index is 0.928. The molecule has 0 aliphatic rings. The number of carbonyl (C=O) groups excluding carboxylic acids is 3. The zero-order chi connectivity index (χ0) is 55.7. The Hall–Kier alpha value is -9.81. The Bertz CT molecular complexity index is 3390. The fourth-order valence-corrected chi connectivity index (χ4v) is 8.88. The van der Waals surface area contributed by atoms with Gasteiger partial charge in [-0.1, -0.05) is 200 Å². The molecule has 12 heteroatoms. The van der Waals surface area contributed by atoms with E-state index in [1.165, 1.54) is 0 Å². The lowest BCUT2D eigenvalue weighted by molar-refractivity contribution is 0.0899. The number of hydrogen-bond donors (Lipinski definition) is 3. The van der Waals surface area contributed by atoms with Crippen LogP contribution < -0.4 is 44.4 Å². The molecule has 0 radical (unpaired) electrons. The van der Waals surface area contributed by atoms with Crippen molar-refractivity contribution in [3.63, 3.8) is 0 Å². The molecule has 3 amide bonds. The van der Waals surface area contributed by atoms with Crippen LogP contribution in [0.25, 0.3) is 0 Å². The van der Waals surface area contributed by atoms with Crippen LogP contribution in [0.1, 0.15) is 83.7 Å². The molecular weight excluding hydrogens is 1010 g/mol. The monoisotopic (exact) mass is 1080 g/mol. The molecular formula is C69H65N3O9. The summed E-state index contributed by atoms with van der Waals surface area (Å²) in [6.45, 7) is 1.78. The standard InChI is InChI=1S/C69H65N3O9/c73-67(58-37-21-40-61(76-45-51-24-7-1-8-25-51)64(58)79-48-54-30-13-4-14-31-54)70-43-20-19-36-57(72-69(75)60-39-23-42-63(78-47-53-28-11-3-12-29-53)66(60)81-50-56-34-17-6-18-35-56)44-71-68(74)59-38-22-41-62(77-46-52-26-9-2-10-27-52)65(59)80-49-55-32-15-5-16-33-55/h1-18,21-35,37-42,57H,19-20,36,43-50H2,(H,70,73)(H,71,74)(H,72,75)/t57-/m1/s1. The topological polar surface area (TPSA) is 143 Å². The average molecular weight is 1080 g/mol. The van der Waals surface area contributed by atoms with Gasteiger partial charge in [-0.2, -0.15) is 0 Å². The van der Waals surface area contributed by atoms with Gasteiger partial charge in [0.2, 0.25) is 0 Å². The fraction of sp³-hybridized carbons (Fsp3) is 0.174. The maximum Gasteiger partial charge on any atom is 0.255 e. The maximum atomic E-state index is 14.7. The van der Waals surface area contributed by atoms with Gasteiger partial charge in [0.05, 0.1) is 16.7 Å². The molecule has 9 aromatic carbocycles. The SMILES string of the molecule is O=C(NCCCC[C@H](CNC(=O)c1cccc(OCc2ccccc2)c1OCc1ccccc1)NC(=O)c1cccc(OCc2ccccc2)c1OCc1ccccc1)c1cccc(OCc2ccccc2)c1OCc1ccccc1. The second-order valence-electron chi connectivity index (χ2n) is 19.2. The summed E-state index contributed by atoms with van der Waals surface area (Å²) < 4.78 is 38.1. The fourth-order valence-electron chi connectivity index (χ4n) is 8.88. The Morgan fingerprint density at radius 1 is 0.309 bits per heavy atom. The van der Waals surface area contributed by atoms with E-state index in [9.17, 15) is 14.4 Å². The van der Waals surface area contributed by atoms with E-state index in [0.29, 0.717) is 66.7 Å². The highest BCUT2D eigenvalue weighted by molar-refractivity contribution is 5.99. The Labute approximate surface area is 473 Å². The summed E-state index contributed by atoms with van der Waals surface area (Å²) in [7, 11) is 0. The van der Waals surface area contributed by atoms with Crippen LogP contribution >= 0.6 is 0 Å². The van der Waals surface area contributed by atoms with E-state index in [1.54, 1.807) is 54.6 Å². The number of amides is 3. The zero-order valence-corrected chi connectivity index (χ0v) is 45.0. The minimum absolute atomic E-state index is 0.0481. The molecule has 3 N–H and O–H groups in total. The molecule has 1 atom stereocenters. The Morgan fingerprint density at radius 2 is 0.605 bits per heavy atom. The molecule has 9 aromatic rings. The molecule has 0 aromatic heterocycles. The number of carbonyl (C=O) groups is 3. The van der Waals surface area contributed by atoms with Crippen LogP contribution in [0.15, 0.2) is 237 Å². The van der Waals surface area contributed by atoms with E-state index >= 15 is 0 Å². The minimum Gasteiger partial charge on any atom is -0.485 e. The molecule has 0 heterocycles. The molecule has 0 unspecified atom stereocenters. The average Bonchev–Trinajstić information content (AvgIpc) is 3.53. The molecule has 0 spiro atoms. The van der Waals surface area contributed by atoms with Gasteiger partial charge in [-0.15, -0.1) is 0 Å². The lowest BCUT2D eigenvalue weighted by Crippen LogP contribution is -2.44. The first-order valence-corrected chi connectivity index (χ1v) is 27.2. The normalized spacial score (nSPS) is 11.1. The second-order valence-corrected chi connectivity index (χ2v) is 19.2. The maximum absolute atomic E-state index is 14.7. The number of rotatable bonds is 29. The Kier molecular flexibility index (Phi) is 20.6. The van der Waals surface area contributed by atoms with Crippen LogP contribution in [0.2, 0.25) is 0 Å². The van der Waals surface area contributed by atoms with E-state index in [0.717, 1.165) is 33.4 Å². The summed E-state index contributed by atoms with van der Waals surface area (Å²) in [5, 5.41) is 9.40. The highest BCUT2D eigenvalue weighted by Crippen LogP contribution is 2.36. The van der Waals surface area contributed by atoms with E-state index in [1.807, 2.05) is 182 Å². The minimum atomic E-state index is -0.587. The zero-order valence-electron chi connectivity index (χ0n) is 45.0. The van der Waals surface area contributed by atoms with Gasteiger partial charge in [-0.25, -0.2) is 0 Å². The first kappa shape index (κ1) is 55.9. The predicted molar refractivity (Wildman–Crippen MR) is 314 cm³/mol. The van der Waals surface area contributed by atoms with Gasteiger partial charge in [0.15, 0.2) is 34.5 Å². The highest BCUT2D eigenvalue weighted by Gasteiger charge is 2.24. The van der Waals surface area contributed by atoms with Gasteiger partial charge in [0.25, 0.3) is 17.7 Å². The molecule has 0 aliphatic heterocycles. The molecule has 0 fully saturated rings. The summed E-state index contributed by atoms with van der Waals surface area (Å²) in [6, 6.07) is 73.7. The van der Waals surface area contributed by atoms with Gasteiger partial charge in [0, 0.05) is 19.1 Å². The summed E-state index contributed by atoms with van der Waals surface area (Å²) in [6.07, 6.45) is 1.53. The number of para-hydroxylation sites is 3. The second kappa shape index (κ2) is 29.8. The summed E-state index contributed by atoms with van der Waals surface area (Å²) >= 11 is 0. The van der Waals surface area contributed by atoms with Gasteiger partial charge >= 0.3 is 0 Å². The van der Waals surface area contributed by atoms with E-state index in [4.69, 9.17) is 28.4 Å². The smallest absolute Gasteiger partial charge is 0.255 e. The van der Waals surface area contributed by atoms with Crippen molar-refractivity contribution in [1.29, 1.82) is 0 Å². The quantitative estimate of drug-likeness (QED) is 0.0391. The predicted octanol–water partition coefficient (Wildman–Crippen LogP) is 13.3. The Morgan fingerprint density at radius 3 is 0.938 bits per heavy atom. The largest absolute Gasteiger partial charge is 0.485 e. The molecule has 12 nitrogen and oxygen atoms in total. The molecule has 410 valence electrons. The van der Waals surface area contributed by atoms with Crippen molar-refractivity contribution in [3.8, 4) is 34.5 Å². The van der Waals surface area contributed by atoms with E-state index in [-0.39, 0.29) is 62.4 Å². The van der Waals surface area contributed by atoms with Crippen molar-refractivity contribution in [3.05, 3.63) is 287 Å². The van der Waals surface area contributed by atoms with Crippen molar-refractivity contribution in [1.82, 2.24) is 16.0 Å². The lowest BCUT2D eigenvalue weighted by atomic mass is 10.1. The number of ether oxygens (including phenoxy) is 6. The third-order valence-electron chi connectivity index (χ3n) is 13.2. The van der Waals surface area contributed by atoms with Gasteiger partial charge in [-0.05, 0) is 89.0 Å². The molecule has 0 saturated heterocycles.